The lowest BCUT2D eigenvalue weighted by molar-refractivity contribution is -0.129. The number of nitrogens with zero attached hydrogens (tertiary/aromatic N) is 1. The molecule has 0 saturated heterocycles. The van der Waals surface area contributed by atoms with Crippen LogP contribution in [0.1, 0.15) is 12.0 Å². The number of carbonyl (C=O) groups excluding carboxylic acids is 1. The second-order valence-electron chi connectivity index (χ2n) is 3.56. The highest BCUT2D eigenvalue weighted by atomic mass is 32.2. The molecular formula is C11H17N3O2S. The number of aliphatic hydroxyl groups is 1. The van der Waals surface area contributed by atoms with Crippen LogP contribution in [0, 0.1) is 0 Å². The molecule has 0 bridgehead atoms. The average molecular weight is 255 g/mol. The fraction of sp³-hybridized carbons (Fsp3) is 0.455. The lowest BCUT2D eigenvalue weighted by atomic mass is 10.2. The molecule has 94 valence electrons. The molecule has 0 aromatic carbocycles. The van der Waals surface area contributed by atoms with Crippen molar-refractivity contribution in [2.24, 2.45) is 0 Å². The van der Waals surface area contributed by atoms with Crippen molar-refractivity contribution in [3.8, 4) is 0 Å². The van der Waals surface area contributed by atoms with Crippen molar-refractivity contribution >= 4 is 23.5 Å². The zero-order valence-corrected chi connectivity index (χ0v) is 10.5. The number of aliphatic hydroxyl groups excluding tert-OH is 1. The molecule has 5 nitrogen and oxygen atoms in total. The van der Waals surface area contributed by atoms with E-state index in [1.54, 1.807) is 30.1 Å². The van der Waals surface area contributed by atoms with Crippen molar-refractivity contribution in [3.63, 3.8) is 0 Å². The normalized spacial score (nSPS) is 12.1. The van der Waals surface area contributed by atoms with Gasteiger partial charge in [-0.25, -0.2) is 4.98 Å². The van der Waals surface area contributed by atoms with Gasteiger partial charge in [0.2, 0.25) is 5.91 Å². The largest absolute Gasteiger partial charge is 0.383 e. The minimum absolute atomic E-state index is 0.287. The Morgan fingerprint density at radius 2 is 2.47 bits per heavy atom. The van der Waals surface area contributed by atoms with E-state index in [-0.39, 0.29) is 12.5 Å². The Labute approximate surface area is 105 Å². The van der Waals surface area contributed by atoms with E-state index in [4.69, 9.17) is 5.73 Å². The van der Waals surface area contributed by atoms with E-state index < -0.39 is 6.10 Å². The van der Waals surface area contributed by atoms with Crippen LogP contribution in [-0.4, -0.2) is 34.1 Å². The molecule has 1 rings (SSSR count). The highest BCUT2D eigenvalue weighted by molar-refractivity contribution is 7.98. The van der Waals surface area contributed by atoms with Crippen LogP contribution in [0.3, 0.4) is 0 Å². The van der Waals surface area contributed by atoms with Gasteiger partial charge in [0.05, 0.1) is 0 Å². The second kappa shape index (κ2) is 7.13. The van der Waals surface area contributed by atoms with Crippen LogP contribution in [0.15, 0.2) is 18.3 Å². The minimum Gasteiger partial charge on any atom is -0.383 e. The Morgan fingerprint density at radius 3 is 3.12 bits per heavy atom. The fourth-order valence-corrected chi connectivity index (χ4v) is 1.72. The van der Waals surface area contributed by atoms with E-state index in [1.807, 2.05) is 6.26 Å². The Balaban J connectivity index is 2.40. The third-order valence-corrected chi connectivity index (χ3v) is 2.92. The maximum Gasteiger partial charge on any atom is 0.249 e. The van der Waals surface area contributed by atoms with Gasteiger partial charge in [-0.1, -0.05) is 6.07 Å². The number of amides is 1. The van der Waals surface area contributed by atoms with Crippen LogP contribution in [0.25, 0.3) is 0 Å². The predicted molar refractivity (Wildman–Crippen MR) is 69.5 cm³/mol. The first kappa shape index (κ1) is 13.8. The van der Waals surface area contributed by atoms with Crippen molar-refractivity contribution in [2.75, 3.05) is 17.7 Å². The smallest absolute Gasteiger partial charge is 0.249 e. The molecule has 1 aromatic heterocycles. The molecule has 1 atom stereocenters. The summed E-state index contributed by atoms with van der Waals surface area (Å²) in [4.78, 5) is 15.4. The highest BCUT2D eigenvalue weighted by Gasteiger charge is 2.14. The summed E-state index contributed by atoms with van der Waals surface area (Å²) in [5.74, 6) is 0.776. The first-order valence-corrected chi connectivity index (χ1v) is 6.68. The number of anilines is 1. The number of nitrogens with one attached hydrogen (secondary N) is 1. The summed E-state index contributed by atoms with van der Waals surface area (Å²) in [6.07, 6.45) is 3.02. The van der Waals surface area contributed by atoms with Gasteiger partial charge in [0.1, 0.15) is 11.9 Å². The van der Waals surface area contributed by atoms with Gasteiger partial charge in [-0.15, -0.1) is 0 Å². The summed E-state index contributed by atoms with van der Waals surface area (Å²) in [5, 5.41) is 12.2. The van der Waals surface area contributed by atoms with Gasteiger partial charge < -0.3 is 16.2 Å². The Kier molecular flexibility index (Phi) is 5.79. The standard InChI is InChI=1S/C11H17N3O2S/c1-17-6-4-9(15)11(16)14-7-8-3-2-5-13-10(8)12/h2-3,5,9,15H,4,6-7H2,1H3,(H2,12,13)(H,14,16)/t9-/m0/s1. The van der Waals surface area contributed by atoms with E-state index in [0.717, 1.165) is 11.3 Å². The first-order valence-electron chi connectivity index (χ1n) is 5.29. The van der Waals surface area contributed by atoms with Crippen molar-refractivity contribution in [3.05, 3.63) is 23.9 Å². The van der Waals surface area contributed by atoms with Crippen LogP contribution in [0.5, 0.6) is 0 Å². The average Bonchev–Trinajstić information content (AvgIpc) is 2.34. The van der Waals surface area contributed by atoms with Gasteiger partial charge in [-0.2, -0.15) is 11.8 Å². The van der Waals surface area contributed by atoms with E-state index in [0.29, 0.717) is 12.2 Å². The van der Waals surface area contributed by atoms with Gasteiger partial charge in [-0.3, -0.25) is 4.79 Å². The summed E-state index contributed by atoms with van der Waals surface area (Å²) in [5.41, 5.74) is 6.38. The van der Waals surface area contributed by atoms with E-state index >= 15 is 0 Å². The molecule has 6 heteroatoms. The van der Waals surface area contributed by atoms with Gasteiger partial charge in [0, 0.05) is 18.3 Å². The molecule has 0 spiro atoms. The predicted octanol–water partition coefficient (Wildman–Crippen LogP) is 0.394. The molecule has 0 aliphatic carbocycles. The summed E-state index contributed by atoms with van der Waals surface area (Å²) >= 11 is 1.59. The molecular weight excluding hydrogens is 238 g/mol. The van der Waals surface area contributed by atoms with Crippen molar-refractivity contribution < 1.29 is 9.90 Å². The Hall–Kier alpha value is -1.27. The topological polar surface area (TPSA) is 88.2 Å². The van der Waals surface area contributed by atoms with Crippen LogP contribution in [0.2, 0.25) is 0 Å². The number of hydrogen-bond acceptors (Lipinski definition) is 5. The van der Waals surface area contributed by atoms with Gasteiger partial charge in [0.15, 0.2) is 0 Å². The molecule has 17 heavy (non-hydrogen) atoms. The first-order chi connectivity index (χ1) is 8.15. The third kappa shape index (κ3) is 4.62. The van der Waals surface area contributed by atoms with Crippen LogP contribution in [0.4, 0.5) is 5.82 Å². The minimum atomic E-state index is -0.958. The molecule has 0 saturated carbocycles. The van der Waals surface area contributed by atoms with Crippen molar-refractivity contribution in [1.82, 2.24) is 10.3 Å². The number of nitrogens with two attached hydrogens (primary N) is 1. The molecule has 0 aliphatic heterocycles. The Bertz CT molecular complexity index is 373. The molecule has 1 amide bonds. The summed E-state index contributed by atoms with van der Waals surface area (Å²) in [6, 6.07) is 3.54. The number of nitrogen functional groups attached to an aromatic ring is 1. The molecule has 0 radical (unpaired) electrons. The second-order valence-corrected chi connectivity index (χ2v) is 4.55. The summed E-state index contributed by atoms with van der Waals surface area (Å²) < 4.78 is 0. The quantitative estimate of drug-likeness (QED) is 0.684. The van der Waals surface area contributed by atoms with Gasteiger partial charge in [0.25, 0.3) is 0 Å². The van der Waals surface area contributed by atoms with Gasteiger partial charge >= 0.3 is 0 Å². The maximum atomic E-state index is 11.5. The molecule has 0 unspecified atom stereocenters. The fourth-order valence-electron chi connectivity index (χ4n) is 1.26. The van der Waals surface area contributed by atoms with Crippen molar-refractivity contribution in [1.29, 1.82) is 0 Å². The SMILES string of the molecule is CSCC[C@H](O)C(=O)NCc1cccnc1N. The molecule has 0 aliphatic rings. The van der Waals surface area contributed by atoms with Crippen LogP contribution in [-0.2, 0) is 11.3 Å². The number of thioether (sulfide) groups is 1. The molecule has 0 fully saturated rings. The third-order valence-electron chi connectivity index (χ3n) is 2.28. The molecule has 1 heterocycles. The summed E-state index contributed by atoms with van der Waals surface area (Å²) in [6.45, 7) is 0.287. The zero-order chi connectivity index (χ0) is 12.7. The number of hydrogen-bond donors (Lipinski definition) is 3. The maximum absolute atomic E-state index is 11.5. The van der Waals surface area contributed by atoms with Crippen LogP contribution >= 0.6 is 11.8 Å². The molecule has 1 aromatic rings. The number of rotatable bonds is 6. The number of carbonyl (C=O) groups is 1. The van der Waals surface area contributed by atoms with E-state index in [9.17, 15) is 9.90 Å². The van der Waals surface area contributed by atoms with Crippen molar-refractivity contribution in [2.45, 2.75) is 19.1 Å². The van der Waals surface area contributed by atoms with E-state index in [1.165, 1.54) is 0 Å². The zero-order valence-electron chi connectivity index (χ0n) is 9.72. The van der Waals surface area contributed by atoms with Gasteiger partial charge in [-0.05, 0) is 24.5 Å². The monoisotopic (exact) mass is 255 g/mol. The number of aromatic nitrogens is 1. The highest BCUT2D eigenvalue weighted by Crippen LogP contribution is 2.06. The van der Waals surface area contributed by atoms with E-state index in [2.05, 4.69) is 10.3 Å². The molecule has 4 N–H and O–H groups in total. The summed E-state index contributed by atoms with van der Waals surface area (Å²) in [7, 11) is 0. The number of pyridine rings is 1. The Morgan fingerprint density at radius 1 is 1.71 bits per heavy atom. The lowest BCUT2D eigenvalue weighted by Gasteiger charge is -2.11. The van der Waals surface area contributed by atoms with Crippen LogP contribution < -0.4 is 11.1 Å². The lowest BCUT2D eigenvalue weighted by Crippen LogP contribution is -2.34.